The number of terminal acetylenes is 1. The van der Waals surface area contributed by atoms with Crippen molar-refractivity contribution in [2.24, 2.45) is 0 Å². The van der Waals surface area contributed by atoms with Crippen LogP contribution in [0.3, 0.4) is 0 Å². The summed E-state index contributed by atoms with van der Waals surface area (Å²) in [6, 6.07) is 1.21. The summed E-state index contributed by atoms with van der Waals surface area (Å²) in [7, 11) is 0. The molecule has 0 bridgehead atoms. The Hall–Kier alpha value is -1.92. The van der Waals surface area contributed by atoms with E-state index in [4.69, 9.17) is 20.6 Å². The van der Waals surface area contributed by atoms with Crippen LogP contribution in [0.1, 0.15) is 31.9 Å². The number of fused-ring (bicyclic) bond motifs is 1. The molecule has 2 aliphatic heterocycles. The van der Waals surface area contributed by atoms with Crippen molar-refractivity contribution in [1.82, 2.24) is 9.55 Å². The van der Waals surface area contributed by atoms with Crippen LogP contribution in [-0.4, -0.2) is 44.9 Å². The summed E-state index contributed by atoms with van der Waals surface area (Å²) in [5, 5.41) is 9.66. The Morgan fingerprint density at radius 2 is 2.17 bits per heavy atom. The molecule has 1 unspecified atom stereocenters. The van der Waals surface area contributed by atoms with Gasteiger partial charge in [-0.1, -0.05) is 5.92 Å². The van der Waals surface area contributed by atoms with Crippen molar-refractivity contribution in [3.05, 3.63) is 33.1 Å². The molecule has 1 spiro atoms. The first-order valence-corrected chi connectivity index (χ1v) is 7.97. The molecular weight excluding hydrogens is 316 g/mol. The standard InChI is InChI=1S/C16H18N2O6/c1-2-16-12(23-15(24-16)6-3-4-7-15)10(9-19)22-13(16)18-8-5-11(20)17-14(18)21/h1,5,8,10,12-13,19H,3-4,6-7,9H2,(H,17,20,21)/t10-,12-,13?,16-/m1/s1. The fourth-order valence-corrected chi connectivity index (χ4v) is 3.93. The molecule has 3 aliphatic rings. The molecule has 0 amide bonds. The second-order valence-corrected chi connectivity index (χ2v) is 6.42. The Balaban J connectivity index is 1.81. The molecule has 1 saturated carbocycles. The molecule has 2 saturated heterocycles. The lowest BCUT2D eigenvalue weighted by molar-refractivity contribution is -0.226. The van der Waals surface area contributed by atoms with E-state index in [1.807, 2.05) is 0 Å². The van der Waals surface area contributed by atoms with E-state index in [2.05, 4.69) is 10.9 Å². The summed E-state index contributed by atoms with van der Waals surface area (Å²) in [6.45, 7) is -0.317. The van der Waals surface area contributed by atoms with E-state index in [9.17, 15) is 14.7 Å². The van der Waals surface area contributed by atoms with Crippen molar-refractivity contribution >= 4 is 0 Å². The van der Waals surface area contributed by atoms with Gasteiger partial charge in [0, 0.05) is 25.1 Å². The second kappa shape index (κ2) is 5.29. The highest BCUT2D eigenvalue weighted by molar-refractivity contribution is 5.24. The van der Waals surface area contributed by atoms with Crippen LogP contribution in [0.5, 0.6) is 0 Å². The van der Waals surface area contributed by atoms with Crippen molar-refractivity contribution in [2.75, 3.05) is 6.61 Å². The zero-order valence-electron chi connectivity index (χ0n) is 12.9. The molecule has 0 aromatic carbocycles. The van der Waals surface area contributed by atoms with Gasteiger partial charge in [-0.15, -0.1) is 6.42 Å². The summed E-state index contributed by atoms with van der Waals surface area (Å²) in [4.78, 5) is 25.7. The Kier molecular flexibility index (Phi) is 3.44. The Morgan fingerprint density at radius 1 is 1.42 bits per heavy atom. The Labute approximate surface area is 137 Å². The molecule has 24 heavy (non-hydrogen) atoms. The van der Waals surface area contributed by atoms with Gasteiger partial charge in [0.05, 0.1) is 6.61 Å². The van der Waals surface area contributed by atoms with Gasteiger partial charge in [0.2, 0.25) is 5.60 Å². The topological polar surface area (TPSA) is 103 Å². The van der Waals surface area contributed by atoms with Crippen LogP contribution in [0.2, 0.25) is 0 Å². The number of aliphatic hydroxyl groups is 1. The molecule has 4 rings (SSSR count). The maximum Gasteiger partial charge on any atom is 0.330 e. The van der Waals surface area contributed by atoms with Gasteiger partial charge in [-0.25, -0.2) is 4.79 Å². The van der Waals surface area contributed by atoms with Gasteiger partial charge in [0.25, 0.3) is 5.56 Å². The van der Waals surface area contributed by atoms with Crippen LogP contribution < -0.4 is 11.2 Å². The first-order chi connectivity index (χ1) is 11.5. The van der Waals surface area contributed by atoms with Gasteiger partial charge in [0.1, 0.15) is 12.2 Å². The summed E-state index contributed by atoms with van der Waals surface area (Å²) < 4.78 is 19.3. The molecule has 1 aromatic rings. The highest BCUT2D eigenvalue weighted by Crippen LogP contribution is 2.54. The molecule has 8 heteroatoms. The molecule has 8 nitrogen and oxygen atoms in total. The van der Waals surface area contributed by atoms with E-state index < -0.39 is 41.1 Å². The number of aliphatic hydroxyl groups excluding tert-OH is 1. The maximum absolute atomic E-state index is 12.2. The normalized spacial score (nSPS) is 36.8. The van der Waals surface area contributed by atoms with Crippen LogP contribution in [0.15, 0.2) is 21.9 Å². The number of H-pyrrole nitrogens is 1. The third-order valence-electron chi connectivity index (χ3n) is 5.00. The molecule has 1 aromatic heterocycles. The maximum atomic E-state index is 12.2. The Morgan fingerprint density at radius 3 is 2.79 bits per heavy atom. The number of ether oxygens (including phenoxy) is 3. The summed E-state index contributed by atoms with van der Waals surface area (Å²) in [5.41, 5.74) is -2.51. The number of aromatic nitrogens is 2. The van der Waals surface area contributed by atoms with Gasteiger partial charge in [-0.3, -0.25) is 14.3 Å². The van der Waals surface area contributed by atoms with Gasteiger partial charge >= 0.3 is 5.69 Å². The lowest BCUT2D eigenvalue weighted by Crippen LogP contribution is -2.47. The second-order valence-electron chi connectivity index (χ2n) is 6.42. The van der Waals surface area contributed by atoms with Gasteiger partial charge in [-0.05, 0) is 12.8 Å². The van der Waals surface area contributed by atoms with Gasteiger partial charge in [-0.2, -0.15) is 0 Å². The number of rotatable bonds is 2. The minimum Gasteiger partial charge on any atom is -0.394 e. The lowest BCUT2D eigenvalue weighted by Gasteiger charge is -2.30. The third-order valence-corrected chi connectivity index (χ3v) is 5.00. The number of nitrogens with one attached hydrogen (secondary N) is 1. The summed E-state index contributed by atoms with van der Waals surface area (Å²) in [5.74, 6) is 1.82. The molecule has 3 fully saturated rings. The molecule has 4 atom stereocenters. The van der Waals surface area contributed by atoms with Crippen molar-refractivity contribution in [3.8, 4) is 12.3 Å². The number of hydrogen-bond donors (Lipinski definition) is 2. The quantitative estimate of drug-likeness (QED) is 0.706. The molecular formula is C16H18N2O6. The van der Waals surface area contributed by atoms with Crippen LogP contribution in [0, 0.1) is 12.3 Å². The minimum atomic E-state index is -1.33. The predicted molar refractivity (Wildman–Crippen MR) is 81.0 cm³/mol. The van der Waals surface area contributed by atoms with Crippen molar-refractivity contribution < 1.29 is 19.3 Å². The van der Waals surface area contributed by atoms with Crippen LogP contribution in [0.4, 0.5) is 0 Å². The molecule has 1 aliphatic carbocycles. The van der Waals surface area contributed by atoms with Crippen LogP contribution >= 0.6 is 0 Å². The average Bonchev–Trinajstić information content (AvgIpc) is 3.22. The fourth-order valence-electron chi connectivity index (χ4n) is 3.93. The minimum absolute atomic E-state index is 0.317. The lowest BCUT2D eigenvalue weighted by atomic mass is 9.95. The highest BCUT2D eigenvalue weighted by atomic mass is 16.8. The SMILES string of the molecule is C#C[C@@]12OC3(CCCC3)O[C@@H]1[C@@H](CO)OC2n1ccc(=O)[nH]c1=O. The molecule has 0 radical (unpaired) electrons. The third kappa shape index (κ3) is 2.03. The monoisotopic (exact) mass is 334 g/mol. The van der Waals surface area contributed by atoms with E-state index in [0.717, 1.165) is 12.8 Å². The predicted octanol–water partition coefficient (Wildman–Crippen LogP) is -0.516. The molecule has 128 valence electrons. The molecule has 2 N–H and O–H groups in total. The average molecular weight is 334 g/mol. The largest absolute Gasteiger partial charge is 0.394 e. The van der Waals surface area contributed by atoms with Gasteiger partial charge in [0.15, 0.2) is 12.0 Å². The van der Waals surface area contributed by atoms with E-state index >= 15 is 0 Å². The number of nitrogens with zero attached hydrogens (tertiary/aromatic N) is 1. The zero-order chi connectivity index (χ0) is 16.9. The summed E-state index contributed by atoms with van der Waals surface area (Å²) in [6.07, 6.45) is 8.03. The van der Waals surface area contributed by atoms with Crippen molar-refractivity contribution in [3.63, 3.8) is 0 Å². The first-order valence-electron chi connectivity index (χ1n) is 7.97. The van der Waals surface area contributed by atoms with E-state index in [1.165, 1.54) is 16.8 Å². The highest BCUT2D eigenvalue weighted by Gasteiger charge is 2.68. The fraction of sp³-hybridized carbons (Fsp3) is 0.625. The van der Waals surface area contributed by atoms with Gasteiger partial charge < -0.3 is 19.3 Å². The van der Waals surface area contributed by atoms with Crippen LogP contribution in [0.25, 0.3) is 0 Å². The smallest absolute Gasteiger partial charge is 0.330 e. The van der Waals surface area contributed by atoms with Crippen molar-refractivity contribution in [2.45, 2.75) is 55.5 Å². The summed E-state index contributed by atoms with van der Waals surface area (Å²) >= 11 is 0. The molecule has 3 heterocycles. The number of aromatic amines is 1. The van der Waals surface area contributed by atoms with E-state index in [-0.39, 0.29) is 6.61 Å². The van der Waals surface area contributed by atoms with Crippen molar-refractivity contribution in [1.29, 1.82) is 0 Å². The van der Waals surface area contributed by atoms with Crippen LogP contribution in [-0.2, 0) is 14.2 Å². The van der Waals surface area contributed by atoms with E-state index in [0.29, 0.717) is 12.8 Å². The zero-order valence-corrected chi connectivity index (χ0v) is 12.9. The Bertz CT molecular complexity index is 802. The first kappa shape index (κ1) is 15.6. The number of hydrogen-bond acceptors (Lipinski definition) is 6. The van der Waals surface area contributed by atoms with E-state index in [1.54, 1.807) is 0 Å².